The van der Waals surface area contributed by atoms with Crippen LogP contribution in [0, 0.1) is 0 Å². The van der Waals surface area contributed by atoms with E-state index in [1.165, 1.54) is 34.7 Å². The summed E-state index contributed by atoms with van der Waals surface area (Å²) in [5.74, 6) is -0.922. The monoisotopic (exact) mass is 621 g/mol. The fourth-order valence-corrected chi connectivity index (χ4v) is 5.08. The first kappa shape index (κ1) is 31.1. The summed E-state index contributed by atoms with van der Waals surface area (Å²) in [6.45, 7) is 9.03. The summed E-state index contributed by atoms with van der Waals surface area (Å²) in [6, 6.07) is 7.00. The van der Waals surface area contributed by atoms with Crippen LogP contribution in [0.1, 0.15) is 58.3 Å². The quantitative estimate of drug-likeness (QED) is 0.335. The number of rotatable bonds is 6. The molecule has 42 heavy (non-hydrogen) atoms. The zero-order chi connectivity index (χ0) is 31.1. The van der Waals surface area contributed by atoms with Gasteiger partial charge in [-0.2, -0.15) is 13.2 Å². The lowest BCUT2D eigenvalue weighted by Crippen LogP contribution is -2.46. The van der Waals surface area contributed by atoms with Crippen LogP contribution in [0.3, 0.4) is 0 Å². The smallest absolute Gasteiger partial charge is 0.355 e. The van der Waals surface area contributed by atoms with E-state index in [1.54, 1.807) is 19.1 Å². The molecule has 0 aliphatic carbocycles. The Labute approximate surface area is 250 Å². The Morgan fingerprint density at radius 1 is 1.12 bits per heavy atom. The molecule has 2 aromatic carbocycles. The molecule has 1 atom stereocenters. The molecule has 1 unspecified atom stereocenters. The van der Waals surface area contributed by atoms with E-state index in [0.717, 1.165) is 12.1 Å². The second-order valence-corrected chi connectivity index (χ2v) is 11.3. The second-order valence-electron chi connectivity index (χ2n) is 10.5. The zero-order valence-electron chi connectivity index (χ0n) is 23.2. The molecular weight excluding hydrogens is 594 g/mol. The lowest BCUT2D eigenvalue weighted by molar-refractivity contribution is -0.137. The van der Waals surface area contributed by atoms with Crippen LogP contribution in [0.4, 0.5) is 19.1 Å². The first-order chi connectivity index (χ1) is 19.6. The lowest BCUT2D eigenvalue weighted by Gasteiger charge is -2.35. The molecule has 0 fully saturated rings. The predicted octanol–water partition coefficient (Wildman–Crippen LogP) is 5.88. The van der Waals surface area contributed by atoms with Gasteiger partial charge < -0.3 is 15.5 Å². The molecule has 0 saturated carbocycles. The van der Waals surface area contributed by atoms with Gasteiger partial charge in [0.1, 0.15) is 0 Å². The summed E-state index contributed by atoms with van der Waals surface area (Å²) < 4.78 is 41.7. The number of hydrogen-bond acceptors (Lipinski definition) is 5. The fraction of sp³-hybridized carbons (Fsp3) is 0.310. The molecule has 1 aromatic heterocycles. The largest absolute Gasteiger partial charge is 0.417 e. The molecule has 0 radical (unpaired) electrons. The highest BCUT2D eigenvalue weighted by molar-refractivity contribution is 6.34. The maximum Gasteiger partial charge on any atom is 0.417 e. The summed E-state index contributed by atoms with van der Waals surface area (Å²) in [6.07, 6.45) is -3.01. The molecule has 1 aliphatic heterocycles. The Morgan fingerprint density at radius 3 is 2.40 bits per heavy atom. The Morgan fingerprint density at radius 2 is 1.81 bits per heavy atom. The minimum atomic E-state index is -4.74. The zero-order valence-corrected chi connectivity index (χ0v) is 24.7. The van der Waals surface area contributed by atoms with E-state index in [4.69, 9.17) is 28.2 Å². The molecule has 8 nitrogen and oxygen atoms in total. The Hall–Kier alpha value is -3.83. The number of fused-ring (bicyclic) bond motifs is 1. The number of nitrogens with one attached hydrogen (secondary N) is 2. The van der Waals surface area contributed by atoms with Crippen LogP contribution in [0.25, 0.3) is 5.69 Å². The van der Waals surface area contributed by atoms with Crippen LogP contribution >= 0.6 is 23.2 Å². The Balaban J connectivity index is 1.82. The molecule has 3 aromatic rings. The minimum absolute atomic E-state index is 0.0990. The van der Waals surface area contributed by atoms with Crippen molar-refractivity contribution in [2.24, 2.45) is 0 Å². The highest BCUT2D eigenvalue weighted by Gasteiger charge is 2.36. The van der Waals surface area contributed by atoms with Crippen LogP contribution in [0.5, 0.6) is 0 Å². The highest BCUT2D eigenvalue weighted by Crippen LogP contribution is 2.36. The number of carbonyl (C=O) groups is 2. The van der Waals surface area contributed by atoms with Crippen LogP contribution in [-0.2, 0) is 19.1 Å². The summed E-state index contributed by atoms with van der Waals surface area (Å²) >= 11 is 12.1. The number of alkyl halides is 3. The maximum atomic E-state index is 14.0. The molecule has 13 heteroatoms. The minimum Gasteiger partial charge on any atom is -0.355 e. The number of halogens is 5. The van der Waals surface area contributed by atoms with Crippen molar-refractivity contribution in [1.29, 1.82) is 0 Å². The van der Waals surface area contributed by atoms with E-state index in [0.29, 0.717) is 16.9 Å². The van der Waals surface area contributed by atoms with E-state index in [1.807, 2.05) is 13.8 Å². The van der Waals surface area contributed by atoms with Crippen molar-refractivity contribution in [3.05, 3.63) is 97.4 Å². The van der Waals surface area contributed by atoms with Crippen molar-refractivity contribution in [1.82, 2.24) is 19.8 Å². The van der Waals surface area contributed by atoms with Gasteiger partial charge in [0.25, 0.3) is 17.4 Å². The molecule has 4 rings (SSSR count). The van der Waals surface area contributed by atoms with E-state index in [-0.39, 0.29) is 35.1 Å². The third-order valence-electron chi connectivity index (χ3n) is 7.02. The first-order valence-electron chi connectivity index (χ1n) is 12.8. The number of carbonyl (C=O) groups excluding carboxylic acids is 2. The average Bonchev–Trinajstić information content (AvgIpc) is 2.92. The SMILES string of the molecule is C=CC(C)(C)Nc1nc2c(c(=O)n1-c1ccc(C(=O)NC)c(Cl)c1)CC(C)N(C(=O)c1ccc(Cl)c(C(F)(F)F)c1)C2. The van der Waals surface area contributed by atoms with Gasteiger partial charge in [0.15, 0.2) is 0 Å². The van der Waals surface area contributed by atoms with E-state index < -0.39 is 45.7 Å². The number of amides is 2. The number of nitrogens with zero attached hydrogens (tertiary/aromatic N) is 3. The average molecular weight is 622 g/mol. The van der Waals surface area contributed by atoms with Crippen LogP contribution in [0.15, 0.2) is 53.8 Å². The third kappa shape index (κ3) is 6.03. The van der Waals surface area contributed by atoms with Crippen molar-refractivity contribution in [2.45, 2.75) is 51.5 Å². The van der Waals surface area contributed by atoms with Crippen molar-refractivity contribution in [3.8, 4) is 5.69 Å². The molecule has 0 spiro atoms. The summed E-state index contributed by atoms with van der Waals surface area (Å²) in [7, 11) is 1.47. The second kappa shape index (κ2) is 11.4. The van der Waals surface area contributed by atoms with Crippen molar-refractivity contribution >= 4 is 41.0 Å². The normalized spacial score (nSPS) is 15.2. The topological polar surface area (TPSA) is 96.3 Å². The highest BCUT2D eigenvalue weighted by atomic mass is 35.5. The van der Waals surface area contributed by atoms with Gasteiger partial charge in [-0.05, 0) is 63.6 Å². The molecule has 2 heterocycles. The Kier molecular flexibility index (Phi) is 8.48. The van der Waals surface area contributed by atoms with E-state index in [9.17, 15) is 27.6 Å². The summed E-state index contributed by atoms with van der Waals surface area (Å²) in [5.41, 5.74) is -1.24. The van der Waals surface area contributed by atoms with Crippen LogP contribution in [-0.4, -0.2) is 44.9 Å². The van der Waals surface area contributed by atoms with Gasteiger partial charge in [-0.1, -0.05) is 29.3 Å². The standard InChI is InChI=1S/C29H28Cl2F3N5O3/c1-6-28(3,4)37-27-36-23-14-38(25(41)16-7-10-21(30)20(12-16)29(32,33)34)15(2)11-19(23)26(42)39(27)17-8-9-18(22(31)13-17)24(40)35-5/h6-10,12-13,15H,1,11,14H2,2-5H3,(H,35,40)(H,36,37). The number of benzene rings is 2. The molecule has 2 N–H and O–H groups in total. The summed E-state index contributed by atoms with van der Waals surface area (Å²) in [5, 5.41) is 5.29. The van der Waals surface area contributed by atoms with Gasteiger partial charge >= 0.3 is 6.18 Å². The Bertz CT molecular complexity index is 1650. The van der Waals surface area contributed by atoms with Gasteiger partial charge in [-0.15, -0.1) is 6.58 Å². The molecule has 0 bridgehead atoms. The van der Waals surface area contributed by atoms with Crippen molar-refractivity contribution < 1.29 is 22.8 Å². The number of aromatic nitrogens is 2. The van der Waals surface area contributed by atoms with Crippen molar-refractivity contribution in [2.75, 3.05) is 12.4 Å². The maximum absolute atomic E-state index is 14.0. The first-order valence-corrected chi connectivity index (χ1v) is 13.6. The van der Waals surface area contributed by atoms with Gasteiger partial charge in [0, 0.05) is 24.2 Å². The number of hydrogen-bond donors (Lipinski definition) is 2. The van der Waals surface area contributed by atoms with Crippen molar-refractivity contribution in [3.63, 3.8) is 0 Å². The molecule has 222 valence electrons. The molecule has 2 amide bonds. The van der Waals surface area contributed by atoms with Gasteiger partial charge in [-0.25, -0.2) is 9.55 Å². The van der Waals surface area contributed by atoms with Gasteiger partial charge in [-0.3, -0.25) is 14.4 Å². The van der Waals surface area contributed by atoms with Gasteiger partial charge in [0.2, 0.25) is 5.95 Å². The van der Waals surface area contributed by atoms with Crippen LogP contribution in [0.2, 0.25) is 10.0 Å². The van der Waals surface area contributed by atoms with E-state index >= 15 is 0 Å². The van der Waals surface area contributed by atoms with Gasteiger partial charge in [0.05, 0.1) is 44.6 Å². The van der Waals surface area contributed by atoms with E-state index in [2.05, 4.69) is 17.2 Å². The molecule has 0 saturated heterocycles. The predicted molar refractivity (Wildman–Crippen MR) is 156 cm³/mol. The fourth-order valence-electron chi connectivity index (χ4n) is 4.60. The summed E-state index contributed by atoms with van der Waals surface area (Å²) in [4.78, 5) is 45.6. The lowest BCUT2D eigenvalue weighted by atomic mass is 9.98. The van der Waals surface area contributed by atoms with Crippen LogP contribution < -0.4 is 16.2 Å². The third-order valence-corrected chi connectivity index (χ3v) is 7.66. The number of anilines is 1. The molecule has 1 aliphatic rings. The molecular formula is C29H28Cl2F3N5O3.